The van der Waals surface area contributed by atoms with Gasteiger partial charge >= 0.3 is 0 Å². The average molecular weight is 364 g/mol. The quantitative estimate of drug-likeness (QED) is 0.165. The third-order valence-corrected chi connectivity index (χ3v) is 5.34. The van der Waals surface area contributed by atoms with E-state index in [-0.39, 0.29) is 0 Å². The van der Waals surface area contributed by atoms with Crippen molar-refractivity contribution in [1.29, 1.82) is 0 Å². The van der Waals surface area contributed by atoms with Gasteiger partial charge in [-0.05, 0) is 59.0 Å². The Bertz CT molecular complexity index is 316. The van der Waals surface area contributed by atoms with Crippen LogP contribution in [0.1, 0.15) is 117 Å². The number of hydrogen-bond donors (Lipinski definition) is 0. The molecule has 1 atom stereocenters. The number of allylic oxidation sites excluding steroid dienone is 4. The minimum atomic E-state index is 0.804. The Kier molecular flexibility index (Phi) is 20.3. The van der Waals surface area contributed by atoms with Gasteiger partial charge in [0.25, 0.3) is 0 Å². The third-order valence-electron chi connectivity index (χ3n) is 5.34. The number of hydrogen-bond acceptors (Lipinski definition) is 1. The number of rotatable bonds is 19. The summed E-state index contributed by atoms with van der Waals surface area (Å²) in [5, 5.41) is 0. The maximum Gasteiger partial charge on any atom is 0.00890 e. The van der Waals surface area contributed by atoms with Crippen LogP contribution in [0, 0.1) is 0 Å². The van der Waals surface area contributed by atoms with Crippen LogP contribution in [0.3, 0.4) is 0 Å². The maximum absolute atomic E-state index is 2.42. The minimum Gasteiger partial charge on any atom is -0.306 e. The maximum atomic E-state index is 2.42. The van der Waals surface area contributed by atoms with Crippen LogP contribution in [-0.4, -0.2) is 25.0 Å². The van der Waals surface area contributed by atoms with E-state index in [2.05, 4.69) is 57.1 Å². The zero-order chi connectivity index (χ0) is 19.3. The van der Waals surface area contributed by atoms with Crippen LogP contribution in [0.5, 0.6) is 0 Å². The van der Waals surface area contributed by atoms with Gasteiger partial charge in [0.15, 0.2) is 0 Å². The topological polar surface area (TPSA) is 3.24 Å². The van der Waals surface area contributed by atoms with Crippen LogP contribution in [0.2, 0.25) is 0 Å². The van der Waals surface area contributed by atoms with Crippen LogP contribution in [0.25, 0.3) is 0 Å². The predicted octanol–water partition coefficient (Wildman–Crippen LogP) is 8.31. The van der Waals surface area contributed by atoms with Crippen molar-refractivity contribution in [2.24, 2.45) is 0 Å². The van der Waals surface area contributed by atoms with E-state index in [0.717, 1.165) is 12.5 Å². The van der Waals surface area contributed by atoms with Crippen molar-refractivity contribution in [2.45, 2.75) is 123 Å². The summed E-state index contributed by atoms with van der Waals surface area (Å²) in [7, 11) is 4.47. The molecule has 1 nitrogen and oxygen atoms in total. The summed E-state index contributed by atoms with van der Waals surface area (Å²) in [5.74, 6) is 0. The van der Waals surface area contributed by atoms with Crippen molar-refractivity contribution in [3.05, 3.63) is 24.3 Å². The largest absolute Gasteiger partial charge is 0.306 e. The van der Waals surface area contributed by atoms with Crippen molar-refractivity contribution in [2.75, 3.05) is 14.1 Å². The molecule has 0 aliphatic carbocycles. The molecule has 0 amide bonds. The molecule has 0 aliphatic heterocycles. The first-order valence-electron chi connectivity index (χ1n) is 11.7. The van der Waals surface area contributed by atoms with Crippen molar-refractivity contribution < 1.29 is 0 Å². The summed E-state index contributed by atoms with van der Waals surface area (Å²) >= 11 is 0. The van der Waals surface area contributed by atoms with Crippen molar-refractivity contribution in [1.82, 2.24) is 4.90 Å². The molecule has 154 valence electrons. The Morgan fingerprint density at radius 2 is 1.12 bits per heavy atom. The van der Waals surface area contributed by atoms with Gasteiger partial charge in [-0.3, -0.25) is 0 Å². The molecule has 1 unspecified atom stereocenters. The number of unbranched alkanes of at least 4 members (excludes halogenated alkanes) is 10. The lowest BCUT2D eigenvalue weighted by Gasteiger charge is -2.23. The Morgan fingerprint density at radius 3 is 1.65 bits per heavy atom. The summed E-state index contributed by atoms with van der Waals surface area (Å²) in [5.41, 5.74) is 0. The number of nitrogens with zero attached hydrogens (tertiary/aromatic N) is 1. The molecule has 0 N–H and O–H groups in total. The summed E-state index contributed by atoms with van der Waals surface area (Å²) in [6.45, 7) is 4.57. The molecule has 26 heavy (non-hydrogen) atoms. The smallest absolute Gasteiger partial charge is 0.00890 e. The van der Waals surface area contributed by atoms with Crippen LogP contribution in [-0.2, 0) is 0 Å². The highest BCUT2D eigenvalue weighted by Gasteiger charge is 2.08. The standard InChI is InChI=1S/C25H49N/c1-5-7-8-9-10-11-12-13-14-15-16-17-18-19-20-21-22-24-25(23-6-2)26(3)4/h10-11,13-14,25H,5-9,12,15-24H2,1-4H3/b11-10-,14-13-. The van der Waals surface area contributed by atoms with Gasteiger partial charge in [0, 0.05) is 6.04 Å². The van der Waals surface area contributed by atoms with E-state index in [1.165, 1.54) is 96.3 Å². The fourth-order valence-corrected chi connectivity index (χ4v) is 3.54. The minimum absolute atomic E-state index is 0.804. The van der Waals surface area contributed by atoms with Crippen molar-refractivity contribution in [3.8, 4) is 0 Å². The molecule has 0 aliphatic rings. The molecule has 0 rings (SSSR count). The van der Waals surface area contributed by atoms with Crippen LogP contribution in [0.15, 0.2) is 24.3 Å². The molecule has 1 heteroatoms. The van der Waals surface area contributed by atoms with E-state index in [1.807, 2.05) is 0 Å². The van der Waals surface area contributed by atoms with Gasteiger partial charge in [-0.1, -0.05) is 95.9 Å². The van der Waals surface area contributed by atoms with Gasteiger partial charge in [-0.25, -0.2) is 0 Å². The zero-order valence-electron chi connectivity index (χ0n) is 18.6. The van der Waals surface area contributed by atoms with Crippen molar-refractivity contribution >= 4 is 0 Å². The monoisotopic (exact) mass is 363 g/mol. The summed E-state index contributed by atoms with van der Waals surface area (Å²) in [6.07, 6.45) is 31.1. The van der Waals surface area contributed by atoms with E-state index < -0.39 is 0 Å². The molecule has 0 saturated heterocycles. The van der Waals surface area contributed by atoms with Gasteiger partial charge in [-0.2, -0.15) is 0 Å². The summed E-state index contributed by atoms with van der Waals surface area (Å²) < 4.78 is 0. The second-order valence-electron chi connectivity index (χ2n) is 8.13. The molecular formula is C25H49N. The first-order valence-corrected chi connectivity index (χ1v) is 11.7. The third kappa shape index (κ3) is 18.2. The summed E-state index contributed by atoms with van der Waals surface area (Å²) in [4.78, 5) is 2.42. The van der Waals surface area contributed by atoms with Gasteiger partial charge in [0.05, 0.1) is 0 Å². The summed E-state index contributed by atoms with van der Waals surface area (Å²) in [6, 6.07) is 0.804. The molecule has 0 bridgehead atoms. The van der Waals surface area contributed by atoms with E-state index in [1.54, 1.807) is 0 Å². The van der Waals surface area contributed by atoms with Crippen LogP contribution in [0.4, 0.5) is 0 Å². The molecule has 0 spiro atoms. The Balaban J connectivity index is 3.32. The molecular weight excluding hydrogens is 314 g/mol. The Hall–Kier alpha value is -0.560. The van der Waals surface area contributed by atoms with Gasteiger partial charge in [0.2, 0.25) is 0 Å². The lowest BCUT2D eigenvalue weighted by Crippen LogP contribution is -2.27. The fraction of sp³-hybridized carbons (Fsp3) is 0.840. The lowest BCUT2D eigenvalue weighted by atomic mass is 10.0. The van der Waals surface area contributed by atoms with E-state index in [0.29, 0.717) is 0 Å². The molecule has 0 aromatic heterocycles. The highest BCUT2D eigenvalue weighted by Crippen LogP contribution is 2.15. The Morgan fingerprint density at radius 1 is 0.577 bits per heavy atom. The molecule has 0 aromatic carbocycles. The average Bonchev–Trinajstić information content (AvgIpc) is 2.63. The van der Waals surface area contributed by atoms with Gasteiger partial charge < -0.3 is 4.90 Å². The molecule has 0 heterocycles. The van der Waals surface area contributed by atoms with E-state index >= 15 is 0 Å². The van der Waals surface area contributed by atoms with Crippen LogP contribution < -0.4 is 0 Å². The molecule has 0 radical (unpaired) electrons. The first-order chi connectivity index (χ1) is 12.7. The highest BCUT2D eigenvalue weighted by atomic mass is 15.1. The first kappa shape index (κ1) is 25.4. The SMILES string of the molecule is CCCCC/C=C\C/C=C\CCCCCCCCCC(CCC)N(C)C. The normalized spacial score (nSPS) is 13.4. The second-order valence-corrected chi connectivity index (χ2v) is 8.13. The second kappa shape index (κ2) is 20.7. The van der Waals surface area contributed by atoms with E-state index in [4.69, 9.17) is 0 Å². The zero-order valence-corrected chi connectivity index (χ0v) is 18.6. The molecule has 0 aromatic rings. The Labute approximate surface area is 166 Å². The molecule has 0 saturated carbocycles. The highest BCUT2D eigenvalue weighted by molar-refractivity contribution is 4.92. The van der Waals surface area contributed by atoms with Crippen molar-refractivity contribution in [3.63, 3.8) is 0 Å². The lowest BCUT2D eigenvalue weighted by molar-refractivity contribution is 0.256. The van der Waals surface area contributed by atoms with Crippen LogP contribution >= 0.6 is 0 Å². The fourth-order valence-electron chi connectivity index (χ4n) is 3.54. The predicted molar refractivity (Wildman–Crippen MR) is 121 cm³/mol. The van der Waals surface area contributed by atoms with Gasteiger partial charge in [-0.15, -0.1) is 0 Å². The van der Waals surface area contributed by atoms with E-state index in [9.17, 15) is 0 Å². The van der Waals surface area contributed by atoms with Gasteiger partial charge in [0.1, 0.15) is 0 Å². The molecule has 0 fully saturated rings.